The van der Waals surface area contributed by atoms with Crippen molar-refractivity contribution in [1.82, 2.24) is 30.0 Å². The van der Waals surface area contributed by atoms with E-state index in [2.05, 4.69) is 55.7 Å². The SMILES string of the molecule is c1ccc([C@@H](c2nnnn2C[C@@H]2CCCO2)N2CCN(C3CCCC3)CC2)cc1. The van der Waals surface area contributed by atoms with Gasteiger partial charge in [0.25, 0.3) is 0 Å². The lowest BCUT2D eigenvalue weighted by molar-refractivity contribution is 0.0720. The van der Waals surface area contributed by atoms with Crippen molar-refractivity contribution >= 4 is 0 Å². The Bertz CT molecular complexity index is 761. The molecule has 1 saturated carbocycles. The Morgan fingerprint density at radius 2 is 1.76 bits per heavy atom. The number of nitrogens with zero attached hydrogens (tertiary/aromatic N) is 6. The lowest BCUT2D eigenvalue weighted by Crippen LogP contribution is -2.51. The summed E-state index contributed by atoms with van der Waals surface area (Å²) in [6.45, 7) is 6.00. The van der Waals surface area contributed by atoms with Crippen molar-refractivity contribution in [2.24, 2.45) is 0 Å². The molecule has 29 heavy (non-hydrogen) atoms. The Kier molecular flexibility index (Phi) is 5.88. The first-order valence-electron chi connectivity index (χ1n) is 11.3. The van der Waals surface area contributed by atoms with E-state index in [4.69, 9.17) is 4.74 Å². The average Bonchev–Trinajstić information content (AvgIpc) is 3.54. The highest BCUT2D eigenvalue weighted by Gasteiger charge is 2.33. The molecule has 1 aliphatic carbocycles. The third-order valence-electron chi connectivity index (χ3n) is 6.88. The van der Waals surface area contributed by atoms with E-state index >= 15 is 0 Å². The summed E-state index contributed by atoms with van der Waals surface area (Å²) < 4.78 is 7.83. The number of ether oxygens (including phenoxy) is 1. The summed E-state index contributed by atoms with van der Waals surface area (Å²) in [4.78, 5) is 5.28. The normalized spacial score (nSPS) is 25.6. The van der Waals surface area contributed by atoms with Gasteiger partial charge in [-0.3, -0.25) is 9.80 Å². The van der Waals surface area contributed by atoms with Crippen LogP contribution in [-0.2, 0) is 11.3 Å². The third-order valence-corrected chi connectivity index (χ3v) is 6.88. The molecule has 0 N–H and O–H groups in total. The molecule has 3 fully saturated rings. The third kappa shape index (κ3) is 4.22. The zero-order chi connectivity index (χ0) is 19.5. The highest BCUT2D eigenvalue weighted by atomic mass is 16.5. The highest BCUT2D eigenvalue weighted by Crippen LogP contribution is 2.30. The van der Waals surface area contributed by atoms with Crippen LogP contribution < -0.4 is 0 Å². The van der Waals surface area contributed by atoms with Crippen molar-refractivity contribution in [2.45, 2.75) is 63.3 Å². The monoisotopic (exact) mass is 396 g/mol. The predicted molar refractivity (Wildman–Crippen MR) is 110 cm³/mol. The zero-order valence-corrected chi connectivity index (χ0v) is 17.2. The fourth-order valence-corrected chi connectivity index (χ4v) is 5.31. The molecule has 156 valence electrons. The van der Waals surface area contributed by atoms with E-state index in [0.29, 0.717) is 0 Å². The Morgan fingerprint density at radius 1 is 0.966 bits per heavy atom. The molecule has 3 heterocycles. The van der Waals surface area contributed by atoms with Gasteiger partial charge in [-0.1, -0.05) is 43.2 Å². The van der Waals surface area contributed by atoms with Crippen LogP contribution in [0.5, 0.6) is 0 Å². The smallest absolute Gasteiger partial charge is 0.173 e. The summed E-state index contributed by atoms with van der Waals surface area (Å²) in [6, 6.07) is 11.6. The Hall–Kier alpha value is -1.83. The van der Waals surface area contributed by atoms with Gasteiger partial charge < -0.3 is 4.74 Å². The Labute approximate surface area is 173 Å². The van der Waals surface area contributed by atoms with Gasteiger partial charge in [0.2, 0.25) is 0 Å². The minimum atomic E-state index is 0.0957. The van der Waals surface area contributed by atoms with Gasteiger partial charge >= 0.3 is 0 Å². The van der Waals surface area contributed by atoms with Gasteiger partial charge in [-0.25, -0.2) is 4.68 Å². The minimum absolute atomic E-state index is 0.0957. The van der Waals surface area contributed by atoms with Crippen LogP contribution in [0.2, 0.25) is 0 Å². The lowest BCUT2D eigenvalue weighted by Gasteiger charge is -2.41. The first-order chi connectivity index (χ1) is 14.4. The number of rotatable bonds is 6. The molecule has 0 radical (unpaired) electrons. The summed E-state index contributed by atoms with van der Waals surface area (Å²) in [6.07, 6.45) is 8.00. The minimum Gasteiger partial charge on any atom is -0.376 e. The van der Waals surface area contributed by atoms with Gasteiger partial charge in [-0.15, -0.1) is 5.10 Å². The first kappa shape index (κ1) is 19.2. The maximum absolute atomic E-state index is 5.85. The van der Waals surface area contributed by atoms with Crippen molar-refractivity contribution in [1.29, 1.82) is 0 Å². The second-order valence-corrected chi connectivity index (χ2v) is 8.68. The molecule has 3 aliphatic rings. The van der Waals surface area contributed by atoms with Gasteiger partial charge in [0.1, 0.15) is 0 Å². The number of aromatic nitrogens is 4. The van der Waals surface area contributed by atoms with Crippen molar-refractivity contribution < 1.29 is 4.74 Å². The molecule has 0 spiro atoms. The quantitative estimate of drug-likeness (QED) is 0.748. The van der Waals surface area contributed by atoms with E-state index in [-0.39, 0.29) is 12.1 Å². The van der Waals surface area contributed by atoms with Crippen molar-refractivity contribution in [2.75, 3.05) is 32.8 Å². The number of benzene rings is 1. The molecular weight excluding hydrogens is 364 g/mol. The lowest BCUT2D eigenvalue weighted by atomic mass is 10.0. The molecular formula is C22H32N6O. The van der Waals surface area contributed by atoms with Gasteiger partial charge in [-0.05, 0) is 41.7 Å². The van der Waals surface area contributed by atoms with Gasteiger partial charge in [0.15, 0.2) is 5.82 Å². The van der Waals surface area contributed by atoms with Crippen LogP contribution in [0.25, 0.3) is 0 Å². The molecule has 0 unspecified atom stereocenters. The number of hydrogen-bond acceptors (Lipinski definition) is 6. The van der Waals surface area contributed by atoms with Crippen molar-refractivity contribution in [3.05, 3.63) is 41.7 Å². The fraction of sp³-hybridized carbons (Fsp3) is 0.682. The largest absolute Gasteiger partial charge is 0.376 e. The van der Waals surface area contributed by atoms with Gasteiger partial charge in [-0.2, -0.15) is 0 Å². The molecule has 2 atom stereocenters. The number of tetrazole rings is 1. The molecule has 7 nitrogen and oxygen atoms in total. The molecule has 0 amide bonds. The topological polar surface area (TPSA) is 59.3 Å². The van der Waals surface area contributed by atoms with E-state index in [1.807, 2.05) is 4.68 Å². The van der Waals surface area contributed by atoms with E-state index in [1.165, 1.54) is 31.2 Å². The summed E-state index contributed by atoms with van der Waals surface area (Å²) in [5.41, 5.74) is 1.27. The first-order valence-corrected chi connectivity index (χ1v) is 11.3. The van der Waals surface area contributed by atoms with Crippen LogP contribution >= 0.6 is 0 Å². The zero-order valence-electron chi connectivity index (χ0n) is 17.2. The second-order valence-electron chi connectivity index (χ2n) is 8.68. The van der Waals surface area contributed by atoms with E-state index in [9.17, 15) is 0 Å². The van der Waals surface area contributed by atoms with E-state index < -0.39 is 0 Å². The predicted octanol–water partition coefficient (Wildman–Crippen LogP) is 2.50. The van der Waals surface area contributed by atoms with Crippen molar-refractivity contribution in [3.8, 4) is 0 Å². The Morgan fingerprint density at radius 3 is 2.48 bits per heavy atom. The van der Waals surface area contributed by atoms with Gasteiger partial charge in [0.05, 0.1) is 18.7 Å². The van der Waals surface area contributed by atoms with Crippen LogP contribution in [0.4, 0.5) is 0 Å². The molecule has 1 aromatic carbocycles. The van der Waals surface area contributed by atoms with E-state index in [0.717, 1.165) is 64.0 Å². The van der Waals surface area contributed by atoms with Gasteiger partial charge in [0, 0.05) is 38.8 Å². The summed E-state index contributed by atoms with van der Waals surface area (Å²) in [7, 11) is 0. The fourth-order valence-electron chi connectivity index (χ4n) is 5.31. The summed E-state index contributed by atoms with van der Waals surface area (Å²) in [5.74, 6) is 0.945. The number of piperazine rings is 1. The molecule has 2 aromatic rings. The van der Waals surface area contributed by atoms with Crippen LogP contribution in [0.3, 0.4) is 0 Å². The molecule has 1 aromatic heterocycles. The molecule has 0 bridgehead atoms. The number of hydrogen-bond donors (Lipinski definition) is 0. The van der Waals surface area contributed by atoms with Crippen LogP contribution in [-0.4, -0.2) is 74.9 Å². The van der Waals surface area contributed by atoms with Crippen molar-refractivity contribution in [3.63, 3.8) is 0 Å². The maximum atomic E-state index is 5.85. The molecule has 7 heteroatoms. The Balaban J connectivity index is 1.36. The van der Waals surface area contributed by atoms with Crippen LogP contribution in [0, 0.1) is 0 Å². The van der Waals surface area contributed by atoms with Crippen LogP contribution in [0.1, 0.15) is 56.0 Å². The highest BCUT2D eigenvalue weighted by molar-refractivity contribution is 5.25. The van der Waals surface area contributed by atoms with E-state index in [1.54, 1.807) is 0 Å². The summed E-state index contributed by atoms with van der Waals surface area (Å²) >= 11 is 0. The average molecular weight is 397 g/mol. The standard InChI is InChI=1S/C22H32N6O/c1-2-7-18(8-3-1)21(22-23-24-25-28(22)17-20-11-6-16-29-20)27-14-12-26(13-15-27)19-9-4-5-10-19/h1-3,7-8,19-21H,4-6,9-17H2/t20-,21-/m0/s1. The van der Waals surface area contributed by atoms with Crippen LogP contribution in [0.15, 0.2) is 30.3 Å². The molecule has 2 aliphatic heterocycles. The molecule has 5 rings (SSSR count). The maximum Gasteiger partial charge on any atom is 0.173 e. The second kappa shape index (κ2) is 8.90. The summed E-state index contributed by atoms with van der Waals surface area (Å²) in [5, 5.41) is 12.9. The molecule has 2 saturated heterocycles.